The van der Waals surface area contributed by atoms with Crippen molar-refractivity contribution in [2.45, 2.75) is 30.0 Å². The first kappa shape index (κ1) is 22.2. The molecule has 0 radical (unpaired) electrons. The average molecular weight is 421 g/mol. The van der Waals surface area contributed by atoms with Crippen molar-refractivity contribution in [1.82, 2.24) is 15.2 Å². The van der Waals surface area contributed by atoms with Crippen molar-refractivity contribution in [3.8, 4) is 0 Å². The summed E-state index contributed by atoms with van der Waals surface area (Å²) in [6.45, 7) is 5.64. The van der Waals surface area contributed by atoms with Gasteiger partial charge in [0, 0.05) is 49.5 Å². The number of benzene rings is 1. The summed E-state index contributed by atoms with van der Waals surface area (Å²) in [5.74, 6) is 0.0281. The normalized spacial score (nSPS) is 17.4. The minimum atomic E-state index is -0.200. The minimum absolute atomic E-state index is 0. The molecular formula is C20H25ClN4O2S. The van der Waals surface area contributed by atoms with E-state index < -0.39 is 0 Å². The molecule has 2 N–H and O–H groups in total. The summed E-state index contributed by atoms with van der Waals surface area (Å²) >= 11 is 1.53. The summed E-state index contributed by atoms with van der Waals surface area (Å²) < 4.78 is 0. The fraction of sp³-hybridized carbons (Fsp3) is 0.350. The Kier molecular flexibility index (Phi) is 8.29. The smallest absolute Gasteiger partial charge is 0.236 e. The number of rotatable bonds is 5. The van der Waals surface area contributed by atoms with Crippen molar-refractivity contribution in [3.63, 3.8) is 0 Å². The molecule has 2 aromatic rings. The number of hydrogen-bond donors (Lipinski definition) is 2. The van der Waals surface area contributed by atoms with Crippen molar-refractivity contribution in [1.29, 1.82) is 0 Å². The average Bonchev–Trinajstić information content (AvgIpc) is 2.69. The summed E-state index contributed by atoms with van der Waals surface area (Å²) in [5.41, 5.74) is 1.81. The molecule has 1 aliphatic heterocycles. The fourth-order valence-electron chi connectivity index (χ4n) is 3.15. The van der Waals surface area contributed by atoms with Crippen molar-refractivity contribution < 1.29 is 9.59 Å². The van der Waals surface area contributed by atoms with Gasteiger partial charge in [0.05, 0.1) is 11.3 Å². The van der Waals surface area contributed by atoms with E-state index in [4.69, 9.17) is 0 Å². The van der Waals surface area contributed by atoms with Crippen molar-refractivity contribution >= 4 is 41.7 Å². The summed E-state index contributed by atoms with van der Waals surface area (Å²) in [5, 5.41) is 5.91. The summed E-state index contributed by atoms with van der Waals surface area (Å²) in [7, 11) is 0. The summed E-state index contributed by atoms with van der Waals surface area (Å²) in [4.78, 5) is 31.4. The van der Waals surface area contributed by atoms with E-state index in [1.54, 1.807) is 6.20 Å². The fourth-order valence-corrected chi connectivity index (χ4v) is 4.08. The molecule has 0 bridgehead atoms. The molecule has 3 rings (SSSR count). The number of piperazine rings is 1. The largest absolute Gasteiger partial charge is 0.332 e. The highest BCUT2D eigenvalue weighted by atomic mass is 35.5. The van der Waals surface area contributed by atoms with E-state index in [-0.39, 0.29) is 35.5 Å². The first-order chi connectivity index (χ1) is 13.0. The molecule has 2 amide bonds. The number of halogens is 1. The Morgan fingerprint density at radius 1 is 1.29 bits per heavy atom. The topological polar surface area (TPSA) is 74.3 Å². The number of nitrogens with one attached hydrogen (secondary N) is 2. The van der Waals surface area contributed by atoms with Crippen LogP contribution in [0.3, 0.4) is 0 Å². The lowest BCUT2D eigenvalue weighted by molar-refractivity contribution is -0.133. The van der Waals surface area contributed by atoms with E-state index in [0.29, 0.717) is 6.54 Å². The van der Waals surface area contributed by atoms with Gasteiger partial charge in [-0.25, -0.2) is 0 Å². The maximum atomic E-state index is 13.1. The molecule has 1 aliphatic rings. The van der Waals surface area contributed by atoms with Crippen LogP contribution in [0.2, 0.25) is 0 Å². The standard InChI is InChI=1S/C20H24N4O2S.ClH/c1-14(27-18-7-5-17(6-8-18)23-15(2)25)20(26)24-11-10-22-13-19(24)16-4-3-9-21-12-16;/h3-9,12,14,19,22H,10-11,13H2,1-2H3,(H,23,25);1H. The highest BCUT2D eigenvalue weighted by molar-refractivity contribution is 8.00. The van der Waals surface area contributed by atoms with E-state index >= 15 is 0 Å². The zero-order valence-corrected chi connectivity index (χ0v) is 17.6. The van der Waals surface area contributed by atoms with Gasteiger partial charge in [0.25, 0.3) is 0 Å². The van der Waals surface area contributed by atoms with Crippen LogP contribution >= 0.6 is 24.2 Å². The Morgan fingerprint density at radius 2 is 2.04 bits per heavy atom. The van der Waals surface area contributed by atoms with Gasteiger partial charge < -0.3 is 15.5 Å². The molecule has 1 aromatic carbocycles. The van der Waals surface area contributed by atoms with Gasteiger partial charge in [0.2, 0.25) is 11.8 Å². The van der Waals surface area contributed by atoms with Crippen LogP contribution in [0.4, 0.5) is 5.69 Å². The van der Waals surface area contributed by atoms with E-state index in [9.17, 15) is 9.59 Å². The second kappa shape index (κ2) is 10.5. The molecule has 2 heterocycles. The van der Waals surface area contributed by atoms with Gasteiger partial charge in [0.1, 0.15) is 0 Å². The van der Waals surface area contributed by atoms with Crippen LogP contribution in [0.15, 0.2) is 53.7 Å². The second-order valence-corrected chi connectivity index (χ2v) is 7.92. The van der Waals surface area contributed by atoms with Crippen LogP contribution in [-0.2, 0) is 9.59 Å². The van der Waals surface area contributed by atoms with E-state index in [0.717, 1.165) is 29.2 Å². The van der Waals surface area contributed by atoms with Crippen LogP contribution in [0, 0.1) is 0 Å². The van der Waals surface area contributed by atoms with E-state index in [2.05, 4.69) is 15.6 Å². The quantitative estimate of drug-likeness (QED) is 0.727. The first-order valence-electron chi connectivity index (χ1n) is 9.00. The highest BCUT2D eigenvalue weighted by Gasteiger charge is 2.31. The number of pyridine rings is 1. The lowest BCUT2D eigenvalue weighted by Crippen LogP contribution is -2.50. The Labute approximate surface area is 175 Å². The molecule has 2 atom stereocenters. The van der Waals surface area contributed by atoms with Gasteiger partial charge in [-0.2, -0.15) is 0 Å². The Hall–Kier alpha value is -2.09. The number of carbonyl (C=O) groups is 2. The van der Waals surface area contributed by atoms with Crippen LogP contribution < -0.4 is 10.6 Å². The number of hydrogen-bond acceptors (Lipinski definition) is 5. The maximum Gasteiger partial charge on any atom is 0.236 e. The molecule has 0 aliphatic carbocycles. The van der Waals surface area contributed by atoms with Crippen molar-refractivity contribution in [3.05, 3.63) is 54.4 Å². The molecule has 1 fully saturated rings. The summed E-state index contributed by atoms with van der Waals surface area (Å²) in [6.07, 6.45) is 3.57. The lowest BCUT2D eigenvalue weighted by Gasteiger charge is -2.37. The van der Waals surface area contributed by atoms with Crippen LogP contribution in [-0.4, -0.2) is 46.6 Å². The number of thioether (sulfide) groups is 1. The zero-order valence-electron chi connectivity index (χ0n) is 15.9. The molecule has 150 valence electrons. The summed E-state index contributed by atoms with van der Waals surface area (Å²) in [6, 6.07) is 11.5. The van der Waals surface area contributed by atoms with Crippen molar-refractivity contribution in [2.24, 2.45) is 0 Å². The van der Waals surface area contributed by atoms with E-state index in [1.807, 2.05) is 54.4 Å². The number of anilines is 1. The Bertz CT molecular complexity index is 789. The van der Waals surface area contributed by atoms with Gasteiger partial charge >= 0.3 is 0 Å². The van der Waals surface area contributed by atoms with Crippen LogP contribution in [0.25, 0.3) is 0 Å². The van der Waals surface area contributed by atoms with Gasteiger partial charge in [-0.15, -0.1) is 24.2 Å². The van der Waals surface area contributed by atoms with Crippen molar-refractivity contribution in [2.75, 3.05) is 25.0 Å². The molecule has 0 spiro atoms. The van der Waals surface area contributed by atoms with Gasteiger partial charge in [0.15, 0.2) is 0 Å². The predicted octanol–water partition coefficient (Wildman–Crippen LogP) is 3.12. The highest BCUT2D eigenvalue weighted by Crippen LogP contribution is 2.29. The lowest BCUT2D eigenvalue weighted by atomic mass is 10.0. The molecular weight excluding hydrogens is 396 g/mol. The molecule has 8 heteroatoms. The third-order valence-electron chi connectivity index (χ3n) is 4.43. The number of nitrogens with zero attached hydrogens (tertiary/aromatic N) is 2. The van der Waals surface area contributed by atoms with Crippen LogP contribution in [0.1, 0.15) is 25.5 Å². The monoisotopic (exact) mass is 420 g/mol. The molecule has 1 saturated heterocycles. The molecule has 6 nitrogen and oxygen atoms in total. The predicted molar refractivity (Wildman–Crippen MR) is 115 cm³/mol. The molecule has 28 heavy (non-hydrogen) atoms. The maximum absolute atomic E-state index is 13.1. The Morgan fingerprint density at radius 3 is 2.68 bits per heavy atom. The number of carbonyl (C=O) groups excluding carboxylic acids is 2. The van der Waals surface area contributed by atoms with Gasteiger partial charge in [-0.05, 0) is 42.8 Å². The Balaban J connectivity index is 0.00000280. The second-order valence-electron chi connectivity index (χ2n) is 6.50. The minimum Gasteiger partial charge on any atom is -0.332 e. The number of aromatic nitrogens is 1. The molecule has 0 saturated carbocycles. The van der Waals surface area contributed by atoms with Gasteiger partial charge in [-0.1, -0.05) is 6.07 Å². The third kappa shape index (κ3) is 5.70. The van der Waals surface area contributed by atoms with E-state index in [1.165, 1.54) is 18.7 Å². The number of amides is 2. The SMILES string of the molecule is CC(=O)Nc1ccc(SC(C)C(=O)N2CCNCC2c2cccnc2)cc1.Cl. The zero-order chi connectivity index (χ0) is 19.2. The third-order valence-corrected chi connectivity index (χ3v) is 5.53. The van der Waals surface area contributed by atoms with Crippen LogP contribution in [0.5, 0.6) is 0 Å². The van der Waals surface area contributed by atoms with Gasteiger partial charge in [-0.3, -0.25) is 14.6 Å². The first-order valence-corrected chi connectivity index (χ1v) is 9.88. The molecule has 2 unspecified atom stereocenters. The molecule has 1 aromatic heterocycles.